The second kappa shape index (κ2) is 6.91. The highest BCUT2D eigenvalue weighted by Crippen LogP contribution is 2.30. The summed E-state index contributed by atoms with van der Waals surface area (Å²) in [6, 6.07) is 9.78. The van der Waals surface area contributed by atoms with Crippen LogP contribution >= 0.6 is 0 Å². The topological polar surface area (TPSA) is 24.5 Å². The van der Waals surface area contributed by atoms with E-state index in [9.17, 15) is 0 Å². The van der Waals surface area contributed by atoms with E-state index in [1.807, 2.05) is 0 Å². The minimum absolute atomic E-state index is 0.409. The summed E-state index contributed by atoms with van der Waals surface area (Å²) in [5.74, 6) is 0. The van der Waals surface area contributed by atoms with Crippen LogP contribution in [0.5, 0.6) is 0 Å². The van der Waals surface area contributed by atoms with E-state index in [1.54, 1.807) is 0 Å². The van der Waals surface area contributed by atoms with Crippen LogP contribution in [0.2, 0.25) is 0 Å². The summed E-state index contributed by atoms with van der Waals surface area (Å²) in [5, 5.41) is 3.52. The summed E-state index contributed by atoms with van der Waals surface area (Å²) in [4.78, 5) is 2.67. The highest BCUT2D eigenvalue weighted by Gasteiger charge is 2.35. The molecule has 3 atom stereocenters. The van der Waals surface area contributed by atoms with Crippen molar-refractivity contribution in [3.8, 4) is 0 Å². The molecule has 0 bridgehead atoms. The maximum Gasteiger partial charge on any atom is 0.0730 e. The Kier molecular flexibility index (Phi) is 4.94. The number of ether oxygens (including phenoxy) is 1. The third-order valence-electron chi connectivity index (χ3n) is 5.18. The number of morpholine rings is 1. The van der Waals surface area contributed by atoms with Gasteiger partial charge in [-0.2, -0.15) is 0 Å². The maximum absolute atomic E-state index is 5.99. The molecule has 2 fully saturated rings. The monoisotopic (exact) mass is 288 g/mol. The van der Waals surface area contributed by atoms with Gasteiger partial charge < -0.3 is 10.1 Å². The minimum atomic E-state index is 0.409. The third-order valence-corrected chi connectivity index (χ3v) is 5.18. The maximum atomic E-state index is 5.99. The number of hydrogen-bond donors (Lipinski definition) is 1. The van der Waals surface area contributed by atoms with E-state index in [0.717, 1.165) is 19.7 Å². The van der Waals surface area contributed by atoms with Gasteiger partial charge in [0.15, 0.2) is 0 Å². The van der Waals surface area contributed by atoms with Gasteiger partial charge in [0.2, 0.25) is 0 Å². The Morgan fingerprint density at radius 1 is 1.29 bits per heavy atom. The molecule has 1 heterocycles. The van der Waals surface area contributed by atoms with Crippen LogP contribution in [0.3, 0.4) is 0 Å². The standard InChI is InChI=1S/C18H28N2O/c1-14-7-3-4-8-15(14)16(19-2)13-20-11-12-21-18-10-6-5-9-17(18)20/h3-4,7-8,16-19H,5-6,9-13H2,1-2H3. The van der Waals surface area contributed by atoms with Crippen molar-refractivity contribution in [1.29, 1.82) is 0 Å². The molecule has 2 aliphatic rings. The Bertz CT molecular complexity index is 460. The lowest BCUT2D eigenvalue weighted by Gasteiger charge is -2.45. The number of hydrogen-bond acceptors (Lipinski definition) is 3. The van der Waals surface area contributed by atoms with Crippen LogP contribution in [0.15, 0.2) is 24.3 Å². The third kappa shape index (κ3) is 3.31. The molecule has 1 aliphatic carbocycles. The van der Waals surface area contributed by atoms with Crippen molar-refractivity contribution >= 4 is 0 Å². The average molecular weight is 288 g/mol. The first-order valence-corrected chi connectivity index (χ1v) is 8.38. The van der Waals surface area contributed by atoms with Gasteiger partial charge in [-0.3, -0.25) is 4.90 Å². The van der Waals surface area contributed by atoms with E-state index in [1.165, 1.54) is 36.8 Å². The van der Waals surface area contributed by atoms with Crippen LogP contribution in [-0.2, 0) is 4.74 Å². The number of nitrogens with zero attached hydrogens (tertiary/aromatic N) is 1. The van der Waals surface area contributed by atoms with Crippen LogP contribution in [0.4, 0.5) is 0 Å². The number of likely N-dealkylation sites (N-methyl/N-ethyl adjacent to an activating group) is 1. The molecule has 1 saturated carbocycles. The molecule has 1 aromatic carbocycles. The molecule has 0 amide bonds. The molecule has 0 spiro atoms. The summed E-state index contributed by atoms with van der Waals surface area (Å²) >= 11 is 0. The van der Waals surface area contributed by atoms with Crippen LogP contribution < -0.4 is 5.32 Å². The Morgan fingerprint density at radius 2 is 2.10 bits per heavy atom. The van der Waals surface area contributed by atoms with Gasteiger partial charge in [-0.15, -0.1) is 0 Å². The molecular weight excluding hydrogens is 260 g/mol. The first-order chi connectivity index (χ1) is 10.3. The zero-order valence-electron chi connectivity index (χ0n) is 13.3. The number of rotatable bonds is 4. The Balaban J connectivity index is 1.72. The molecule has 3 heteroatoms. The summed E-state index contributed by atoms with van der Waals surface area (Å²) in [7, 11) is 2.08. The van der Waals surface area contributed by atoms with Gasteiger partial charge in [0, 0.05) is 25.2 Å². The minimum Gasteiger partial charge on any atom is -0.375 e. The van der Waals surface area contributed by atoms with E-state index in [4.69, 9.17) is 4.74 Å². The van der Waals surface area contributed by atoms with E-state index in [-0.39, 0.29) is 0 Å². The zero-order valence-corrected chi connectivity index (χ0v) is 13.3. The van der Waals surface area contributed by atoms with Crippen molar-refractivity contribution in [2.24, 2.45) is 0 Å². The SMILES string of the molecule is CNC(CN1CCOC2CCCCC21)c1ccccc1C. The lowest BCUT2D eigenvalue weighted by molar-refractivity contribution is -0.0901. The normalized spacial score (nSPS) is 28.1. The Morgan fingerprint density at radius 3 is 2.90 bits per heavy atom. The molecule has 1 aromatic rings. The van der Waals surface area contributed by atoms with Gasteiger partial charge in [0.25, 0.3) is 0 Å². The number of benzene rings is 1. The molecule has 21 heavy (non-hydrogen) atoms. The molecule has 0 radical (unpaired) electrons. The van der Waals surface area contributed by atoms with E-state index in [2.05, 4.69) is 48.5 Å². The zero-order chi connectivity index (χ0) is 14.7. The van der Waals surface area contributed by atoms with Crippen LogP contribution in [0.1, 0.15) is 42.9 Å². The van der Waals surface area contributed by atoms with Gasteiger partial charge in [-0.05, 0) is 37.9 Å². The quantitative estimate of drug-likeness (QED) is 0.922. The predicted octanol–water partition coefficient (Wildman–Crippen LogP) is 2.90. The highest BCUT2D eigenvalue weighted by atomic mass is 16.5. The summed E-state index contributed by atoms with van der Waals surface area (Å²) in [5.41, 5.74) is 2.81. The van der Waals surface area contributed by atoms with E-state index < -0.39 is 0 Å². The van der Waals surface area contributed by atoms with E-state index in [0.29, 0.717) is 18.2 Å². The smallest absolute Gasteiger partial charge is 0.0730 e. The van der Waals surface area contributed by atoms with Crippen molar-refractivity contribution in [3.05, 3.63) is 35.4 Å². The largest absolute Gasteiger partial charge is 0.375 e. The molecule has 3 unspecified atom stereocenters. The van der Waals surface area contributed by atoms with Crippen molar-refractivity contribution in [2.45, 2.75) is 50.8 Å². The van der Waals surface area contributed by atoms with Crippen molar-refractivity contribution in [2.75, 3.05) is 26.7 Å². The molecule has 3 rings (SSSR count). The van der Waals surface area contributed by atoms with Gasteiger partial charge in [0.05, 0.1) is 12.7 Å². The van der Waals surface area contributed by atoms with Gasteiger partial charge >= 0.3 is 0 Å². The number of fused-ring (bicyclic) bond motifs is 1. The fourth-order valence-corrected chi connectivity index (χ4v) is 3.96. The second-order valence-electron chi connectivity index (χ2n) is 6.45. The fraction of sp³-hybridized carbons (Fsp3) is 0.667. The Hall–Kier alpha value is -0.900. The van der Waals surface area contributed by atoms with Crippen molar-refractivity contribution < 1.29 is 4.74 Å². The molecule has 0 aromatic heterocycles. The van der Waals surface area contributed by atoms with Crippen molar-refractivity contribution in [3.63, 3.8) is 0 Å². The highest BCUT2D eigenvalue weighted by molar-refractivity contribution is 5.29. The Labute approximate surface area is 128 Å². The fourth-order valence-electron chi connectivity index (χ4n) is 3.96. The first kappa shape index (κ1) is 15.0. The van der Waals surface area contributed by atoms with Gasteiger partial charge in [-0.1, -0.05) is 37.1 Å². The van der Waals surface area contributed by atoms with Gasteiger partial charge in [0.1, 0.15) is 0 Å². The molecule has 1 saturated heterocycles. The van der Waals surface area contributed by atoms with Gasteiger partial charge in [-0.25, -0.2) is 0 Å². The van der Waals surface area contributed by atoms with E-state index >= 15 is 0 Å². The van der Waals surface area contributed by atoms with Crippen LogP contribution in [0, 0.1) is 6.92 Å². The number of nitrogens with one attached hydrogen (secondary N) is 1. The predicted molar refractivity (Wildman–Crippen MR) is 86.5 cm³/mol. The molecular formula is C18H28N2O. The van der Waals surface area contributed by atoms with Crippen molar-refractivity contribution in [1.82, 2.24) is 10.2 Å². The molecule has 3 nitrogen and oxygen atoms in total. The molecule has 1 N–H and O–H groups in total. The average Bonchev–Trinajstić information content (AvgIpc) is 2.53. The lowest BCUT2D eigenvalue weighted by Crippen LogP contribution is -2.54. The summed E-state index contributed by atoms with van der Waals surface area (Å²) in [6.45, 7) is 5.27. The molecule has 1 aliphatic heterocycles. The number of aryl methyl sites for hydroxylation is 1. The summed E-state index contributed by atoms with van der Waals surface area (Å²) < 4.78 is 5.99. The first-order valence-electron chi connectivity index (χ1n) is 8.38. The lowest BCUT2D eigenvalue weighted by atomic mass is 9.89. The summed E-state index contributed by atoms with van der Waals surface area (Å²) in [6.07, 6.45) is 5.71. The van der Waals surface area contributed by atoms with Crippen LogP contribution in [0.25, 0.3) is 0 Å². The molecule has 116 valence electrons. The van der Waals surface area contributed by atoms with Crippen LogP contribution in [-0.4, -0.2) is 43.8 Å². The second-order valence-corrected chi connectivity index (χ2v) is 6.45.